The van der Waals surface area contributed by atoms with Crippen molar-refractivity contribution in [1.29, 1.82) is 0 Å². The highest BCUT2D eigenvalue weighted by atomic mass is 32.2. The molecule has 150 valence electrons. The van der Waals surface area contributed by atoms with Crippen LogP contribution in [0.15, 0.2) is 53.4 Å². The second-order valence-electron chi connectivity index (χ2n) is 6.26. The van der Waals surface area contributed by atoms with E-state index in [9.17, 15) is 14.4 Å². The van der Waals surface area contributed by atoms with Crippen LogP contribution >= 0.6 is 11.8 Å². The Labute approximate surface area is 171 Å². The third-order valence-corrected chi connectivity index (χ3v) is 5.10. The summed E-state index contributed by atoms with van der Waals surface area (Å²) in [7, 11) is 1.44. The highest BCUT2D eigenvalue weighted by molar-refractivity contribution is 8.18. The van der Waals surface area contributed by atoms with E-state index in [-0.39, 0.29) is 23.4 Å². The lowest BCUT2D eigenvalue weighted by Crippen LogP contribution is -2.27. The molecule has 2 aromatic rings. The largest absolute Gasteiger partial charge is 0.493 e. The molecule has 29 heavy (non-hydrogen) atoms. The van der Waals surface area contributed by atoms with Crippen LogP contribution in [0.3, 0.4) is 0 Å². The van der Waals surface area contributed by atoms with Crippen LogP contribution in [0.5, 0.6) is 11.5 Å². The number of rotatable bonds is 7. The quantitative estimate of drug-likeness (QED) is 0.691. The van der Waals surface area contributed by atoms with Crippen molar-refractivity contribution < 1.29 is 29.0 Å². The van der Waals surface area contributed by atoms with Crippen molar-refractivity contribution in [2.45, 2.75) is 19.6 Å². The van der Waals surface area contributed by atoms with Gasteiger partial charge in [0.15, 0.2) is 17.6 Å². The van der Waals surface area contributed by atoms with Gasteiger partial charge in [-0.2, -0.15) is 0 Å². The summed E-state index contributed by atoms with van der Waals surface area (Å²) in [5.41, 5.74) is 1.49. The van der Waals surface area contributed by atoms with Crippen LogP contribution in [-0.4, -0.2) is 40.3 Å². The molecular formula is C21H19NO6S. The molecule has 2 amide bonds. The number of hydrogen-bond acceptors (Lipinski definition) is 6. The molecule has 0 saturated carbocycles. The van der Waals surface area contributed by atoms with Gasteiger partial charge in [-0.05, 0) is 48.0 Å². The lowest BCUT2D eigenvalue weighted by molar-refractivity contribution is -0.144. The van der Waals surface area contributed by atoms with Crippen molar-refractivity contribution in [2.24, 2.45) is 0 Å². The van der Waals surface area contributed by atoms with Crippen molar-refractivity contribution in [1.82, 2.24) is 4.90 Å². The monoisotopic (exact) mass is 413 g/mol. The summed E-state index contributed by atoms with van der Waals surface area (Å²) < 4.78 is 10.6. The fourth-order valence-corrected chi connectivity index (χ4v) is 3.50. The number of benzene rings is 2. The maximum Gasteiger partial charge on any atom is 0.344 e. The smallest absolute Gasteiger partial charge is 0.344 e. The second kappa shape index (κ2) is 8.83. The Morgan fingerprint density at radius 1 is 1.17 bits per heavy atom. The van der Waals surface area contributed by atoms with Crippen molar-refractivity contribution in [3.05, 3.63) is 64.6 Å². The highest BCUT2D eigenvalue weighted by Gasteiger charge is 2.35. The zero-order chi connectivity index (χ0) is 21.0. The Kier molecular flexibility index (Phi) is 6.23. The Bertz CT molecular complexity index is 972. The minimum absolute atomic E-state index is 0.214. The molecule has 1 saturated heterocycles. The Morgan fingerprint density at radius 3 is 2.55 bits per heavy atom. The predicted octanol–water partition coefficient (Wildman–Crippen LogP) is 3.78. The maximum absolute atomic E-state index is 12.7. The van der Waals surface area contributed by atoms with Crippen molar-refractivity contribution in [2.75, 3.05) is 7.11 Å². The van der Waals surface area contributed by atoms with Gasteiger partial charge in [-0.25, -0.2) is 4.79 Å². The third-order valence-electron chi connectivity index (χ3n) is 4.19. The number of carboxylic acid groups (broad SMARTS) is 1. The van der Waals surface area contributed by atoms with E-state index in [1.807, 2.05) is 30.3 Å². The van der Waals surface area contributed by atoms with Gasteiger partial charge in [0.25, 0.3) is 11.1 Å². The maximum atomic E-state index is 12.7. The first kappa shape index (κ1) is 20.5. The van der Waals surface area contributed by atoms with Crippen LogP contribution in [-0.2, 0) is 16.1 Å². The highest BCUT2D eigenvalue weighted by Crippen LogP contribution is 2.35. The molecule has 1 heterocycles. The fraction of sp³-hybridized carbons (Fsp3) is 0.190. The van der Waals surface area contributed by atoms with Gasteiger partial charge in [0.05, 0.1) is 18.6 Å². The topological polar surface area (TPSA) is 93.1 Å². The Morgan fingerprint density at radius 2 is 1.90 bits per heavy atom. The second-order valence-corrected chi connectivity index (χ2v) is 7.26. The van der Waals surface area contributed by atoms with Crippen LogP contribution in [0.4, 0.5) is 4.79 Å². The van der Waals surface area contributed by atoms with E-state index in [1.165, 1.54) is 18.9 Å². The van der Waals surface area contributed by atoms with E-state index in [4.69, 9.17) is 14.6 Å². The van der Waals surface area contributed by atoms with Crippen molar-refractivity contribution in [3.63, 3.8) is 0 Å². The zero-order valence-corrected chi connectivity index (χ0v) is 16.6. The predicted molar refractivity (Wildman–Crippen MR) is 109 cm³/mol. The average molecular weight is 413 g/mol. The molecule has 1 aliphatic rings. The average Bonchev–Trinajstić information content (AvgIpc) is 2.97. The molecule has 3 rings (SSSR count). The number of carboxylic acids is 1. The number of imide groups is 1. The van der Waals surface area contributed by atoms with Gasteiger partial charge in [-0.1, -0.05) is 36.4 Å². The number of thioether (sulfide) groups is 1. The molecule has 0 bridgehead atoms. The standard InChI is InChI=1S/C21H19NO6S/c1-13(20(24)25)28-16-9-8-15(10-17(16)27-2)11-18-19(23)22(21(26)29-18)12-14-6-4-3-5-7-14/h3-11,13H,12H2,1-2H3,(H,24,25)/b18-11-. The minimum atomic E-state index is -1.09. The van der Waals surface area contributed by atoms with Gasteiger partial charge in [0.1, 0.15) is 0 Å². The van der Waals surface area contributed by atoms with E-state index in [0.717, 1.165) is 17.3 Å². The molecule has 1 aliphatic heterocycles. The van der Waals surface area contributed by atoms with Gasteiger partial charge in [0.2, 0.25) is 0 Å². The number of hydrogen-bond donors (Lipinski definition) is 1. The van der Waals surface area contributed by atoms with Gasteiger partial charge in [-0.3, -0.25) is 14.5 Å². The first-order valence-electron chi connectivity index (χ1n) is 8.76. The lowest BCUT2D eigenvalue weighted by atomic mass is 10.1. The number of amides is 2. The SMILES string of the molecule is COc1cc(/C=C2\SC(=O)N(Cc3ccccc3)C2=O)ccc1OC(C)C(=O)O. The summed E-state index contributed by atoms with van der Waals surface area (Å²) in [5.74, 6) is -0.849. The Balaban J connectivity index is 1.80. The van der Waals surface area contributed by atoms with Crippen LogP contribution in [0, 0.1) is 0 Å². The van der Waals surface area contributed by atoms with Crippen LogP contribution in [0.25, 0.3) is 6.08 Å². The summed E-state index contributed by atoms with van der Waals surface area (Å²) in [5, 5.41) is 8.66. The summed E-state index contributed by atoms with van der Waals surface area (Å²) in [6, 6.07) is 14.1. The van der Waals surface area contributed by atoms with Gasteiger partial charge in [0, 0.05) is 0 Å². The number of ether oxygens (including phenoxy) is 2. The molecule has 0 spiro atoms. The molecule has 1 fully saturated rings. The van der Waals surface area contributed by atoms with E-state index in [2.05, 4.69) is 0 Å². The third kappa shape index (κ3) is 4.78. The van der Waals surface area contributed by atoms with E-state index >= 15 is 0 Å². The zero-order valence-electron chi connectivity index (χ0n) is 15.8. The number of methoxy groups -OCH3 is 1. The van der Waals surface area contributed by atoms with Crippen molar-refractivity contribution in [3.8, 4) is 11.5 Å². The molecule has 0 aromatic heterocycles. The number of carbonyl (C=O) groups is 3. The number of carbonyl (C=O) groups excluding carboxylic acids is 2. The fourth-order valence-electron chi connectivity index (χ4n) is 2.67. The normalized spacial score (nSPS) is 16.2. The van der Waals surface area contributed by atoms with E-state index in [1.54, 1.807) is 24.3 Å². The molecule has 1 N–H and O–H groups in total. The summed E-state index contributed by atoms with van der Waals surface area (Å²) in [4.78, 5) is 37.4. The molecule has 0 radical (unpaired) electrons. The molecule has 1 atom stereocenters. The lowest BCUT2D eigenvalue weighted by Gasteiger charge is -2.14. The van der Waals surface area contributed by atoms with Crippen LogP contribution in [0.2, 0.25) is 0 Å². The van der Waals surface area contributed by atoms with E-state index in [0.29, 0.717) is 16.2 Å². The van der Waals surface area contributed by atoms with Crippen LogP contribution in [0.1, 0.15) is 18.1 Å². The van der Waals surface area contributed by atoms with E-state index < -0.39 is 12.1 Å². The first-order chi connectivity index (χ1) is 13.9. The molecular weight excluding hydrogens is 394 g/mol. The summed E-state index contributed by atoms with van der Waals surface area (Å²) in [6.07, 6.45) is 0.562. The molecule has 8 heteroatoms. The van der Waals surface area contributed by atoms with Crippen molar-refractivity contribution >= 4 is 35.0 Å². The van der Waals surface area contributed by atoms with Gasteiger partial charge >= 0.3 is 5.97 Å². The molecule has 7 nitrogen and oxygen atoms in total. The van der Waals surface area contributed by atoms with Crippen LogP contribution < -0.4 is 9.47 Å². The molecule has 0 aliphatic carbocycles. The molecule has 2 aromatic carbocycles. The number of nitrogens with zero attached hydrogens (tertiary/aromatic N) is 1. The first-order valence-corrected chi connectivity index (χ1v) is 9.57. The number of aliphatic carboxylic acids is 1. The van der Waals surface area contributed by atoms with Gasteiger partial charge in [-0.15, -0.1) is 0 Å². The Hall–Kier alpha value is -3.26. The summed E-state index contributed by atoms with van der Waals surface area (Å²) >= 11 is 0.877. The summed E-state index contributed by atoms with van der Waals surface area (Å²) in [6.45, 7) is 1.63. The van der Waals surface area contributed by atoms with Gasteiger partial charge < -0.3 is 14.6 Å². The minimum Gasteiger partial charge on any atom is -0.493 e. The molecule has 1 unspecified atom stereocenters.